The molecule has 0 N–H and O–H groups in total. The largest absolute Gasteiger partial charge is 0.400 e. The van der Waals surface area contributed by atoms with E-state index in [2.05, 4.69) is 255 Å². The summed E-state index contributed by atoms with van der Waals surface area (Å²) in [5.74, 6) is 0. The smallest absolute Gasteiger partial charge is 0.328 e. The van der Waals surface area contributed by atoms with E-state index in [-0.39, 0.29) is 39.5 Å². The normalized spacial score (nSPS) is 20.6. The number of anilines is 7. The molecule has 9 aromatic rings. The zero-order chi connectivity index (χ0) is 53.3. The third-order valence-corrected chi connectivity index (χ3v) is 21.1. The Morgan fingerprint density at radius 3 is 1.75 bits per heavy atom. The lowest BCUT2D eigenvalue weighted by Gasteiger charge is -2.55. The molecule has 0 radical (unpaired) electrons. The molecule has 14 rings (SSSR count). The van der Waals surface area contributed by atoms with E-state index in [0.29, 0.717) is 0 Å². The Hall–Kier alpha value is -6.56. The molecule has 2 unspecified atom stereocenters. The van der Waals surface area contributed by atoms with Crippen LogP contribution in [0.5, 0.6) is 0 Å². The average molecular weight is 1020 g/mol. The summed E-state index contributed by atoms with van der Waals surface area (Å²) >= 11 is 2.03. The predicted molar refractivity (Wildman–Crippen MR) is 334 cm³/mol. The van der Waals surface area contributed by atoms with Crippen molar-refractivity contribution in [2.45, 2.75) is 154 Å². The maximum Gasteiger partial charge on any atom is 0.328 e. The molecule has 1 aromatic heterocycles. The zero-order valence-electron chi connectivity index (χ0n) is 47.6. The van der Waals surface area contributed by atoms with Crippen LogP contribution in [0.2, 0.25) is 0 Å². The number of para-hydroxylation sites is 2. The van der Waals surface area contributed by atoms with Gasteiger partial charge in [0.25, 0.3) is 0 Å². The number of benzene rings is 8. The Bertz CT molecular complexity index is 3850. The second kappa shape index (κ2) is 16.5. The van der Waals surface area contributed by atoms with Gasteiger partial charge in [-0.1, -0.05) is 180 Å². The van der Waals surface area contributed by atoms with Gasteiger partial charge in [0.2, 0.25) is 0 Å². The van der Waals surface area contributed by atoms with Gasteiger partial charge in [-0.3, -0.25) is 0 Å². The molecule has 386 valence electrons. The van der Waals surface area contributed by atoms with E-state index in [1.54, 1.807) is 5.56 Å². The van der Waals surface area contributed by atoms with E-state index in [4.69, 9.17) is 0 Å². The van der Waals surface area contributed by atoms with Crippen LogP contribution in [0.1, 0.15) is 149 Å². The van der Waals surface area contributed by atoms with Crippen molar-refractivity contribution in [2.24, 2.45) is 0 Å². The summed E-state index contributed by atoms with van der Waals surface area (Å²) < 4.78 is 2.77. The fraction of sp³-hybridized carbons (Fsp3) is 0.333. The highest BCUT2D eigenvalue weighted by molar-refractivity contribution is 7.26. The summed E-state index contributed by atoms with van der Waals surface area (Å²) in [4.78, 5) is 8.32. The molecule has 4 heterocycles. The van der Waals surface area contributed by atoms with Crippen LogP contribution in [0.25, 0.3) is 42.4 Å². The standard InChI is InChI=1S/C72H74BN3S/c1-67(2,3)46-30-33-60(52(38-46)45-24-16-13-17-25-45)75-61-42-50(74(48-26-18-14-19-27-48)49-28-20-15-21-29-49)41-54-55-39-47(68(4,5)6)40-58-64(55)76(72(12)35-23-22-34-71(58,72)11)73(63(54)61)59-32-31-51-53-43-56-57(44-62(53)77-66(51)65(59)75)70(9,10)37-36-69(56,7)8/h13-21,24-33,38-44H,22-23,34-37H2,1-12H3. The second-order valence-corrected chi connectivity index (χ2v) is 28.6. The lowest BCUT2D eigenvalue weighted by Crippen LogP contribution is -2.70. The van der Waals surface area contributed by atoms with Crippen molar-refractivity contribution in [1.29, 1.82) is 0 Å². The molecule has 2 atom stereocenters. The van der Waals surface area contributed by atoms with E-state index in [0.717, 1.165) is 23.5 Å². The maximum absolute atomic E-state index is 3.03. The maximum atomic E-state index is 3.03. The minimum Gasteiger partial charge on any atom is -0.400 e. The molecule has 0 saturated heterocycles. The summed E-state index contributed by atoms with van der Waals surface area (Å²) in [6.45, 7) is 29.5. The Balaban J connectivity index is 1.18. The Kier molecular flexibility index (Phi) is 10.5. The minimum absolute atomic E-state index is 0.0198. The summed E-state index contributed by atoms with van der Waals surface area (Å²) in [5, 5.41) is 2.75. The van der Waals surface area contributed by atoms with Gasteiger partial charge in [0.15, 0.2) is 0 Å². The van der Waals surface area contributed by atoms with E-state index < -0.39 is 0 Å². The molecule has 5 heteroatoms. The van der Waals surface area contributed by atoms with Crippen molar-refractivity contribution in [1.82, 2.24) is 0 Å². The fourth-order valence-electron chi connectivity index (χ4n) is 15.2. The number of thiophene rings is 1. The number of fused-ring (bicyclic) bond motifs is 12. The van der Waals surface area contributed by atoms with Gasteiger partial charge in [0, 0.05) is 66.0 Å². The number of hydrogen-bond donors (Lipinski definition) is 0. The Morgan fingerprint density at radius 2 is 1.10 bits per heavy atom. The van der Waals surface area contributed by atoms with Crippen LogP contribution in [0, 0.1) is 0 Å². The molecule has 3 nitrogen and oxygen atoms in total. The molecule has 1 saturated carbocycles. The zero-order valence-corrected chi connectivity index (χ0v) is 48.4. The molecule has 8 aromatic carbocycles. The van der Waals surface area contributed by atoms with Crippen LogP contribution in [0.4, 0.5) is 39.8 Å². The van der Waals surface area contributed by atoms with Gasteiger partial charge in [0.05, 0.1) is 16.1 Å². The van der Waals surface area contributed by atoms with E-state index in [1.165, 1.54) is 130 Å². The molecule has 5 aliphatic rings. The SMILES string of the molecule is CC(C)(C)c1ccc(N2c3cc(N(c4ccccc4)c4ccccc4)cc4c3B(c3ccc5c(sc6cc7c(cc65)C(C)(C)CCC7(C)C)c32)N2c3c-4cc(C(C)(C)C)cc3C3(C)CCCCC23C)c(-c2ccccc2)c1. The second-order valence-electron chi connectivity index (χ2n) is 27.5. The molecule has 77 heavy (non-hydrogen) atoms. The van der Waals surface area contributed by atoms with Gasteiger partial charge in [0.1, 0.15) is 0 Å². The van der Waals surface area contributed by atoms with Gasteiger partial charge in [-0.15, -0.1) is 11.3 Å². The first-order valence-electron chi connectivity index (χ1n) is 28.8. The van der Waals surface area contributed by atoms with Gasteiger partial charge in [-0.05, 0) is 171 Å². The quantitative estimate of drug-likeness (QED) is 0.159. The summed E-state index contributed by atoms with van der Waals surface area (Å²) in [5.41, 5.74) is 24.0. The molecular formula is C72H74BN3S. The highest BCUT2D eigenvalue weighted by Gasteiger charge is 2.63. The topological polar surface area (TPSA) is 9.72 Å². The lowest BCUT2D eigenvalue weighted by molar-refractivity contribution is 0.199. The van der Waals surface area contributed by atoms with Crippen molar-refractivity contribution in [3.05, 3.63) is 186 Å². The number of rotatable bonds is 5. The van der Waals surface area contributed by atoms with Crippen LogP contribution < -0.4 is 25.5 Å². The van der Waals surface area contributed by atoms with Crippen LogP contribution in [-0.4, -0.2) is 12.4 Å². The molecular weight excluding hydrogens is 950 g/mol. The van der Waals surface area contributed by atoms with Gasteiger partial charge in [-0.2, -0.15) is 0 Å². The van der Waals surface area contributed by atoms with E-state index >= 15 is 0 Å². The van der Waals surface area contributed by atoms with Crippen molar-refractivity contribution < 1.29 is 0 Å². The van der Waals surface area contributed by atoms with Crippen LogP contribution in [-0.2, 0) is 27.1 Å². The Labute approximate surface area is 463 Å². The number of hydrogen-bond acceptors (Lipinski definition) is 4. The molecule has 0 spiro atoms. The summed E-state index contributed by atoms with van der Waals surface area (Å²) in [6, 6.07) is 61.7. The molecule has 1 fully saturated rings. The van der Waals surface area contributed by atoms with Crippen molar-refractivity contribution in [2.75, 3.05) is 14.6 Å². The molecule has 0 bridgehead atoms. The Morgan fingerprint density at radius 1 is 0.494 bits per heavy atom. The fourth-order valence-corrected chi connectivity index (χ4v) is 16.4. The van der Waals surface area contributed by atoms with E-state index in [9.17, 15) is 0 Å². The highest BCUT2D eigenvalue weighted by atomic mass is 32.1. The highest BCUT2D eigenvalue weighted by Crippen LogP contribution is 2.65. The van der Waals surface area contributed by atoms with Crippen molar-refractivity contribution >= 4 is 89.1 Å². The van der Waals surface area contributed by atoms with Crippen LogP contribution in [0.15, 0.2) is 158 Å². The van der Waals surface area contributed by atoms with E-state index in [1.807, 2.05) is 11.3 Å². The molecule has 0 amide bonds. The first kappa shape index (κ1) is 48.8. The first-order valence-corrected chi connectivity index (χ1v) is 29.6. The van der Waals surface area contributed by atoms with Gasteiger partial charge in [-0.25, -0.2) is 0 Å². The van der Waals surface area contributed by atoms with Gasteiger partial charge >= 0.3 is 6.85 Å². The first-order chi connectivity index (χ1) is 36.7. The lowest BCUT2D eigenvalue weighted by atomic mass is 9.42. The molecule has 2 aliphatic carbocycles. The van der Waals surface area contributed by atoms with Gasteiger partial charge < -0.3 is 14.6 Å². The third kappa shape index (κ3) is 7.00. The van der Waals surface area contributed by atoms with Crippen LogP contribution >= 0.6 is 11.3 Å². The summed E-state index contributed by atoms with van der Waals surface area (Å²) in [7, 11) is 0. The van der Waals surface area contributed by atoms with Crippen molar-refractivity contribution in [3.8, 4) is 22.3 Å². The number of nitrogens with zero attached hydrogens (tertiary/aromatic N) is 3. The van der Waals surface area contributed by atoms with Crippen LogP contribution in [0.3, 0.4) is 0 Å². The van der Waals surface area contributed by atoms with Crippen molar-refractivity contribution in [3.63, 3.8) is 0 Å². The average Bonchev–Trinajstić information content (AvgIpc) is 3.54. The summed E-state index contributed by atoms with van der Waals surface area (Å²) in [6.07, 6.45) is 7.21. The molecule has 3 aliphatic heterocycles. The minimum atomic E-state index is -0.119. The predicted octanol–water partition coefficient (Wildman–Crippen LogP) is 19.1. The monoisotopic (exact) mass is 1020 g/mol. The third-order valence-electron chi connectivity index (χ3n) is 19.9.